The van der Waals surface area contributed by atoms with E-state index in [9.17, 15) is 26.3 Å². The van der Waals surface area contributed by atoms with Crippen LogP contribution in [0.4, 0.5) is 26.3 Å². The lowest BCUT2D eigenvalue weighted by molar-refractivity contribution is -0.166. The molecule has 0 saturated carbocycles. The van der Waals surface area contributed by atoms with Crippen LogP contribution >= 0.6 is 15.9 Å². The van der Waals surface area contributed by atoms with Crippen LogP contribution in [0.5, 0.6) is 0 Å². The highest BCUT2D eigenvalue weighted by Crippen LogP contribution is 2.53. The molecule has 0 unspecified atom stereocenters. The van der Waals surface area contributed by atoms with Crippen molar-refractivity contribution in [2.75, 3.05) is 79.5 Å². The number of alkyl halides is 7. The Balaban J connectivity index is 0.000000294. The van der Waals surface area contributed by atoms with Crippen molar-refractivity contribution in [2.24, 2.45) is 26.2 Å². The van der Waals surface area contributed by atoms with Gasteiger partial charge < -0.3 is 31.5 Å². The van der Waals surface area contributed by atoms with Crippen LogP contribution in [-0.2, 0) is 23.2 Å². The van der Waals surface area contributed by atoms with Gasteiger partial charge >= 0.3 is 23.7 Å². The Hall–Kier alpha value is -2.54. The molecule has 4 rings (SSSR count). The van der Waals surface area contributed by atoms with Crippen molar-refractivity contribution in [1.29, 1.82) is 0 Å². The molecule has 0 aromatic heterocycles. The fraction of sp³-hybridized carbons (Fsp3) is 0.647. The Labute approximate surface area is 306 Å². The second-order valence-corrected chi connectivity index (χ2v) is 12.7. The van der Waals surface area contributed by atoms with Crippen LogP contribution < -0.4 is 21.7 Å². The number of likely N-dealkylation sites (N-methyl/N-ethyl adjacent to an activating group) is 2. The fourth-order valence-electron chi connectivity index (χ4n) is 5.06. The SMILES string of the molecule is CCCN(CCN)CCNC.CCCN(CCNC)CCNCc1ccc(C2(C(F)(F)F)N=N2)cc1.FC(F)(F)C1(c2ccc(CBr)cc2)N=N1. The zero-order chi connectivity index (χ0) is 38.0. The topological polar surface area (TPSA) is 118 Å². The lowest BCUT2D eigenvalue weighted by atomic mass is 10.0. The highest BCUT2D eigenvalue weighted by molar-refractivity contribution is 9.08. The zero-order valence-electron chi connectivity index (χ0n) is 29.9. The largest absolute Gasteiger partial charge is 0.442 e. The van der Waals surface area contributed by atoms with Gasteiger partial charge in [0.2, 0.25) is 0 Å². The molecule has 0 aliphatic carbocycles. The van der Waals surface area contributed by atoms with Crippen molar-refractivity contribution in [3.63, 3.8) is 0 Å². The van der Waals surface area contributed by atoms with E-state index in [4.69, 9.17) is 5.73 Å². The minimum absolute atomic E-state index is 0.0692. The third-order valence-electron chi connectivity index (χ3n) is 8.07. The molecule has 0 fully saturated rings. The highest BCUT2D eigenvalue weighted by Gasteiger charge is 2.65. The summed E-state index contributed by atoms with van der Waals surface area (Å²) in [6.45, 7) is 14.9. The number of nitrogens with one attached hydrogen (secondary N) is 3. The van der Waals surface area contributed by atoms with Gasteiger partial charge in [-0.3, -0.25) is 0 Å². The van der Waals surface area contributed by atoms with E-state index in [2.05, 4.69) is 76.0 Å². The smallest absolute Gasteiger partial charge is 0.329 e. The molecule has 5 N–H and O–H groups in total. The lowest BCUT2D eigenvalue weighted by Gasteiger charge is -2.21. The van der Waals surface area contributed by atoms with Crippen LogP contribution in [0.15, 0.2) is 69.0 Å². The Morgan fingerprint density at radius 1 is 0.627 bits per heavy atom. The van der Waals surface area contributed by atoms with Crippen molar-refractivity contribution in [3.05, 3.63) is 70.8 Å². The third-order valence-corrected chi connectivity index (χ3v) is 8.72. The monoisotopic (exact) mass is 794 g/mol. The molecule has 2 aromatic carbocycles. The maximum Gasteiger partial charge on any atom is 0.442 e. The van der Waals surface area contributed by atoms with E-state index < -0.39 is 23.7 Å². The summed E-state index contributed by atoms with van der Waals surface area (Å²) in [5.74, 6) is 0. The van der Waals surface area contributed by atoms with E-state index in [1.807, 2.05) is 14.1 Å². The Morgan fingerprint density at radius 3 is 1.35 bits per heavy atom. The molecule has 2 aliphatic heterocycles. The summed E-state index contributed by atoms with van der Waals surface area (Å²) >= 11 is 3.22. The van der Waals surface area contributed by atoms with Crippen LogP contribution in [0.25, 0.3) is 0 Å². The van der Waals surface area contributed by atoms with Gasteiger partial charge in [0.25, 0.3) is 0 Å². The van der Waals surface area contributed by atoms with Crippen molar-refractivity contribution < 1.29 is 26.3 Å². The first-order valence-corrected chi connectivity index (χ1v) is 18.3. The van der Waals surface area contributed by atoms with E-state index in [1.165, 1.54) is 37.2 Å². The van der Waals surface area contributed by atoms with E-state index in [0.29, 0.717) is 11.9 Å². The van der Waals surface area contributed by atoms with Gasteiger partial charge in [0.05, 0.1) is 0 Å². The summed E-state index contributed by atoms with van der Waals surface area (Å²) in [6, 6.07) is 12.4. The number of rotatable bonds is 20. The molecule has 0 spiro atoms. The first kappa shape index (κ1) is 44.6. The van der Waals surface area contributed by atoms with E-state index in [-0.39, 0.29) is 11.1 Å². The van der Waals surface area contributed by atoms with Gasteiger partial charge in [-0.15, -0.1) is 20.5 Å². The van der Waals surface area contributed by atoms with Gasteiger partial charge in [-0.25, -0.2) is 0 Å². The molecule has 0 atom stereocenters. The lowest BCUT2D eigenvalue weighted by Crippen LogP contribution is -2.36. The van der Waals surface area contributed by atoms with Gasteiger partial charge in [-0.05, 0) is 51.2 Å². The molecule has 2 aliphatic rings. The van der Waals surface area contributed by atoms with Crippen LogP contribution in [0.1, 0.15) is 48.9 Å². The molecular formula is C34H53BrF6N10. The highest BCUT2D eigenvalue weighted by atomic mass is 79.9. The van der Waals surface area contributed by atoms with Crippen molar-refractivity contribution in [2.45, 2.75) is 62.2 Å². The molecule has 0 radical (unpaired) electrons. The summed E-state index contributed by atoms with van der Waals surface area (Å²) in [5, 5.41) is 22.9. The summed E-state index contributed by atoms with van der Waals surface area (Å²) in [5.41, 5.74) is 2.85. The van der Waals surface area contributed by atoms with Crippen molar-refractivity contribution in [1.82, 2.24) is 25.8 Å². The second-order valence-electron chi connectivity index (χ2n) is 12.1. The number of halogens is 7. The second kappa shape index (κ2) is 21.9. The molecule has 2 aromatic rings. The first-order valence-electron chi connectivity index (χ1n) is 17.2. The Morgan fingerprint density at radius 2 is 1.02 bits per heavy atom. The molecule has 0 bridgehead atoms. The van der Waals surface area contributed by atoms with Gasteiger partial charge in [-0.1, -0.05) is 78.3 Å². The molecule has 0 amide bonds. The third kappa shape index (κ3) is 14.1. The van der Waals surface area contributed by atoms with E-state index in [1.54, 1.807) is 24.3 Å². The van der Waals surface area contributed by atoms with Crippen LogP contribution in [0, 0.1) is 0 Å². The molecular weight excluding hydrogens is 742 g/mol. The maximum atomic E-state index is 12.9. The Bertz CT molecular complexity index is 1290. The summed E-state index contributed by atoms with van der Waals surface area (Å²) in [4.78, 5) is 4.77. The summed E-state index contributed by atoms with van der Waals surface area (Å²) in [7, 11) is 3.92. The molecule has 17 heteroatoms. The number of hydrogen-bond donors (Lipinski definition) is 4. The molecule has 10 nitrogen and oxygen atoms in total. The molecule has 51 heavy (non-hydrogen) atoms. The minimum atomic E-state index is -4.47. The normalized spacial score (nSPS) is 15.3. The quantitative estimate of drug-likeness (QED) is 0.0689. The number of hydrogen-bond acceptors (Lipinski definition) is 10. The molecule has 0 saturated heterocycles. The minimum Gasteiger partial charge on any atom is -0.329 e. The summed E-state index contributed by atoms with van der Waals surface area (Å²) < 4.78 is 76.5. The van der Waals surface area contributed by atoms with Gasteiger partial charge in [0, 0.05) is 75.4 Å². The van der Waals surface area contributed by atoms with Crippen molar-refractivity contribution >= 4 is 15.9 Å². The zero-order valence-corrected chi connectivity index (χ0v) is 31.5. The Kier molecular flexibility index (Phi) is 19.1. The summed E-state index contributed by atoms with van der Waals surface area (Å²) in [6.07, 6.45) is -6.59. The van der Waals surface area contributed by atoms with Crippen molar-refractivity contribution in [3.8, 4) is 0 Å². The standard InChI is InChI=1S/C17H26F3N5.C9H6BrF3N2.C8H21N3/c1-3-10-25(11-8-21-2)12-9-22-13-14-4-6-15(7-5-14)16(23-24-16)17(18,19)20;10-5-6-1-3-7(4-2-6)8(14-15-8)9(11,12)13;1-3-6-11(7-4-9)8-5-10-2/h4-7,21-22H,3,8-13H2,1-2H3;1-4H,5H2;10H,3-9H2,1-2H3. The predicted molar refractivity (Wildman–Crippen MR) is 193 cm³/mol. The maximum absolute atomic E-state index is 12.9. The number of nitrogens with two attached hydrogens (primary N) is 1. The number of nitrogens with zero attached hydrogens (tertiary/aromatic N) is 6. The molecule has 2 heterocycles. The van der Waals surface area contributed by atoms with Gasteiger partial charge in [-0.2, -0.15) is 26.3 Å². The van der Waals surface area contributed by atoms with Crippen LogP contribution in [0.3, 0.4) is 0 Å². The predicted octanol–water partition coefficient (Wildman–Crippen LogP) is 6.53. The van der Waals surface area contributed by atoms with E-state index in [0.717, 1.165) is 76.5 Å². The molecule has 288 valence electrons. The first-order chi connectivity index (χ1) is 24.3. The van der Waals surface area contributed by atoms with E-state index >= 15 is 0 Å². The average molecular weight is 796 g/mol. The average Bonchev–Trinajstić information content (AvgIpc) is 4.03. The fourth-order valence-corrected chi connectivity index (χ4v) is 5.44. The van der Waals surface area contributed by atoms with Crippen LogP contribution in [0.2, 0.25) is 0 Å². The van der Waals surface area contributed by atoms with Crippen LogP contribution in [-0.4, -0.2) is 102 Å². The van der Waals surface area contributed by atoms with Gasteiger partial charge in [0.15, 0.2) is 0 Å². The number of benzene rings is 2. The van der Waals surface area contributed by atoms with Gasteiger partial charge in [0.1, 0.15) is 0 Å².